The van der Waals surface area contributed by atoms with Gasteiger partial charge in [0.05, 0.1) is 16.9 Å². The first-order chi connectivity index (χ1) is 9.20. The zero-order chi connectivity index (χ0) is 13.7. The fraction of sp³-hybridized carbons (Fsp3) is 0.167. The van der Waals surface area contributed by atoms with E-state index in [1.54, 1.807) is 18.3 Å². The van der Waals surface area contributed by atoms with Crippen LogP contribution in [-0.2, 0) is 6.54 Å². The first-order valence-corrected chi connectivity index (χ1v) is 6.52. The van der Waals surface area contributed by atoms with Crippen LogP contribution >= 0.6 is 11.3 Å². The number of aromatic amines is 1. The van der Waals surface area contributed by atoms with Gasteiger partial charge in [-0.1, -0.05) is 6.08 Å². The molecule has 0 aliphatic heterocycles. The van der Waals surface area contributed by atoms with E-state index in [0.717, 1.165) is 10.6 Å². The third-order valence-electron chi connectivity index (χ3n) is 2.40. The largest absolute Gasteiger partial charge is 0.397 e. The number of rotatable bonds is 6. The van der Waals surface area contributed by atoms with Gasteiger partial charge in [-0.3, -0.25) is 9.89 Å². The number of nitrogens with one attached hydrogen (secondary N) is 3. The maximum atomic E-state index is 11.8. The maximum absolute atomic E-state index is 11.8. The summed E-state index contributed by atoms with van der Waals surface area (Å²) in [5.74, 6) is -0.182. The number of carbonyl (C=O) groups excluding carboxylic acids is 1. The zero-order valence-electron chi connectivity index (χ0n) is 10.3. The molecule has 2 rings (SSSR count). The van der Waals surface area contributed by atoms with E-state index in [4.69, 9.17) is 5.73 Å². The molecule has 0 aromatic carbocycles. The highest BCUT2D eigenvalue weighted by Crippen LogP contribution is 2.29. The molecule has 2 aromatic rings. The second-order valence-electron chi connectivity index (χ2n) is 3.85. The highest BCUT2D eigenvalue weighted by atomic mass is 32.1. The van der Waals surface area contributed by atoms with E-state index >= 15 is 0 Å². The van der Waals surface area contributed by atoms with Gasteiger partial charge in [0.2, 0.25) is 0 Å². The van der Waals surface area contributed by atoms with Gasteiger partial charge in [-0.2, -0.15) is 5.10 Å². The summed E-state index contributed by atoms with van der Waals surface area (Å²) in [6.45, 7) is 4.60. The number of hydrogen-bond acceptors (Lipinski definition) is 5. The molecule has 100 valence electrons. The number of carbonyl (C=O) groups is 1. The summed E-state index contributed by atoms with van der Waals surface area (Å²) >= 11 is 1.33. The standard InChI is InChI=1S/C12H15N5OS/c1-2-3-14-12(18)11-9(13)4-10(19-11)15-5-8-6-16-17-7-8/h2,4,6-7,15H,1,3,5,13H2,(H,14,18)(H,16,17). The molecular formula is C12H15N5OS. The van der Waals surface area contributed by atoms with Crippen LogP contribution < -0.4 is 16.4 Å². The molecule has 2 aromatic heterocycles. The fourth-order valence-corrected chi connectivity index (χ4v) is 2.37. The minimum atomic E-state index is -0.182. The fourth-order valence-electron chi connectivity index (χ4n) is 1.48. The molecule has 0 atom stereocenters. The summed E-state index contributed by atoms with van der Waals surface area (Å²) in [4.78, 5) is 12.3. The molecule has 0 bridgehead atoms. The summed E-state index contributed by atoms with van der Waals surface area (Å²) in [6.07, 6.45) is 5.17. The third kappa shape index (κ3) is 3.35. The third-order valence-corrected chi connectivity index (χ3v) is 3.50. The number of nitrogens with two attached hydrogens (primary N) is 1. The van der Waals surface area contributed by atoms with Crippen molar-refractivity contribution in [3.8, 4) is 0 Å². The van der Waals surface area contributed by atoms with E-state index in [2.05, 4.69) is 27.4 Å². The molecular weight excluding hydrogens is 262 g/mol. The Labute approximate surface area is 114 Å². The van der Waals surface area contributed by atoms with Crippen molar-refractivity contribution in [1.29, 1.82) is 0 Å². The van der Waals surface area contributed by atoms with Gasteiger partial charge >= 0.3 is 0 Å². The first-order valence-electron chi connectivity index (χ1n) is 5.70. The maximum Gasteiger partial charge on any atom is 0.263 e. The van der Waals surface area contributed by atoms with E-state index in [0.29, 0.717) is 23.7 Å². The molecule has 0 aliphatic carbocycles. The van der Waals surface area contributed by atoms with Gasteiger partial charge < -0.3 is 16.4 Å². The van der Waals surface area contributed by atoms with Gasteiger partial charge in [-0.25, -0.2) is 0 Å². The number of H-pyrrole nitrogens is 1. The molecule has 0 radical (unpaired) electrons. The molecule has 0 unspecified atom stereocenters. The number of nitrogens with zero attached hydrogens (tertiary/aromatic N) is 1. The van der Waals surface area contributed by atoms with E-state index in [1.165, 1.54) is 11.3 Å². The summed E-state index contributed by atoms with van der Waals surface area (Å²) in [6, 6.07) is 1.76. The molecule has 0 spiro atoms. The van der Waals surface area contributed by atoms with Crippen molar-refractivity contribution in [1.82, 2.24) is 15.5 Å². The number of amides is 1. The average molecular weight is 277 g/mol. The lowest BCUT2D eigenvalue weighted by Gasteiger charge is -2.00. The lowest BCUT2D eigenvalue weighted by Crippen LogP contribution is -2.22. The number of nitrogen functional groups attached to an aromatic ring is 1. The SMILES string of the molecule is C=CCNC(=O)c1sc(NCc2cn[nH]c2)cc1N. The van der Waals surface area contributed by atoms with Crippen LogP contribution in [0.2, 0.25) is 0 Å². The second kappa shape index (κ2) is 6.05. The average Bonchev–Trinajstić information content (AvgIpc) is 3.02. The molecule has 0 saturated carbocycles. The Kier molecular flexibility index (Phi) is 4.19. The van der Waals surface area contributed by atoms with E-state index in [1.807, 2.05) is 6.20 Å². The second-order valence-corrected chi connectivity index (χ2v) is 4.91. The van der Waals surface area contributed by atoms with Crippen LogP contribution in [0.15, 0.2) is 31.1 Å². The Hall–Kier alpha value is -2.28. The number of hydrogen-bond donors (Lipinski definition) is 4. The van der Waals surface area contributed by atoms with E-state index < -0.39 is 0 Å². The lowest BCUT2D eigenvalue weighted by atomic mass is 10.3. The van der Waals surface area contributed by atoms with Crippen LogP contribution in [0.5, 0.6) is 0 Å². The number of aromatic nitrogens is 2. The summed E-state index contributed by atoms with van der Waals surface area (Å²) < 4.78 is 0. The van der Waals surface area contributed by atoms with Crippen molar-refractivity contribution in [3.63, 3.8) is 0 Å². The molecule has 0 fully saturated rings. The van der Waals surface area contributed by atoms with Gasteiger partial charge in [-0.05, 0) is 6.07 Å². The lowest BCUT2D eigenvalue weighted by molar-refractivity contribution is 0.0963. The van der Waals surface area contributed by atoms with Crippen LogP contribution in [0.4, 0.5) is 10.7 Å². The van der Waals surface area contributed by atoms with Crippen molar-refractivity contribution >= 4 is 27.9 Å². The molecule has 6 nitrogen and oxygen atoms in total. The minimum Gasteiger partial charge on any atom is -0.397 e. The zero-order valence-corrected chi connectivity index (χ0v) is 11.1. The van der Waals surface area contributed by atoms with Crippen LogP contribution in [0.25, 0.3) is 0 Å². The Balaban J connectivity index is 1.99. The highest BCUT2D eigenvalue weighted by molar-refractivity contribution is 7.18. The predicted molar refractivity (Wildman–Crippen MR) is 77.2 cm³/mol. The number of anilines is 2. The quantitative estimate of drug-likeness (QED) is 0.603. The minimum absolute atomic E-state index is 0.182. The summed E-state index contributed by atoms with van der Waals surface area (Å²) in [7, 11) is 0. The van der Waals surface area contributed by atoms with Gasteiger partial charge in [0.25, 0.3) is 5.91 Å². The molecule has 0 aliphatic rings. The molecule has 7 heteroatoms. The van der Waals surface area contributed by atoms with Crippen LogP contribution in [0.3, 0.4) is 0 Å². The van der Waals surface area contributed by atoms with Crippen molar-refractivity contribution in [2.45, 2.75) is 6.54 Å². The van der Waals surface area contributed by atoms with E-state index in [9.17, 15) is 4.79 Å². The smallest absolute Gasteiger partial charge is 0.263 e. The molecule has 1 amide bonds. The first kappa shape index (κ1) is 13.2. The topological polar surface area (TPSA) is 95.8 Å². The van der Waals surface area contributed by atoms with Crippen LogP contribution in [0, 0.1) is 0 Å². The summed E-state index contributed by atoms with van der Waals surface area (Å²) in [5.41, 5.74) is 7.33. The molecule has 2 heterocycles. The van der Waals surface area contributed by atoms with Crippen LogP contribution in [-0.4, -0.2) is 22.6 Å². The monoisotopic (exact) mass is 277 g/mol. The molecule has 0 saturated heterocycles. The van der Waals surface area contributed by atoms with Gasteiger partial charge in [-0.15, -0.1) is 17.9 Å². The van der Waals surface area contributed by atoms with Gasteiger partial charge in [0, 0.05) is 24.8 Å². The van der Waals surface area contributed by atoms with Crippen LogP contribution in [0.1, 0.15) is 15.2 Å². The molecule has 19 heavy (non-hydrogen) atoms. The summed E-state index contributed by atoms with van der Waals surface area (Å²) in [5, 5.41) is 13.3. The van der Waals surface area contributed by atoms with Gasteiger partial charge in [0.1, 0.15) is 4.88 Å². The van der Waals surface area contributed by atoms with Gasteiger partial charge in [0.15, 0.2) is 0 Å². The highest BCUT2D eigenvalue weighted by Gasteiger charge is 2.13. The van der Waals surface area contributed by atoms with Crippen molar-refractivity contribution in [2.24, 2.45) is 0 Å². The van der Waals surface area contributed by atoms with Crippen molar-refractivity contribution in [2.75, 3.05) is 17.6 Å². The Morgan fingerprint density at radius 2 is 2.47 bits per heavy atom. The Morgan fingerprint density at radius 3 is 3.16 bits per heavy atom. The normalized spacial score (nSPS) is 10.1. The molecule has 5 N–H and O–H groups in total. The Bertz CT molecular complexity index is 561. The van der Waals surface area contributed by atoms with E-state index in [-0.39, 0.29) is 5.91 Å². The Morgan fingerprint density at radius 1 is 1.63 bits per heavy atom. The van der Waals surface area contributed by atoms with Crippen molar-refractivity contribution in [3.05, 3.63) is 41.6 Å². The van der Waals surface area contributed by atoms with Crippen molar-refractivity contribution < 1.29 is 4.79 Å². The number of thiophene rings is 1. The predicted octanol–water partition coefficient (Wildman–Crippen LogP) is 1.58.